The Morgan fingerprint density at radius 2 is 1.71 bits per heavy atom. The molecule has 1 unspecified atom stereocenters. The van der Waals surface area contributed by atoms with E-state index in [0.29, 0.717) is 13.1 Å². The van der Waals surface area contributed by atoms with Gasteiger partial charge < -0.3 is 5.73 Å². The second kappa shape index (κ2) is 7.21. The van der Waals surface area contributed by atoms with Crippen molar-refractivity contribution in [2.24, 2.45) is 5.73 Å². The summed E-state index contributed by atoms with van der Waals surface area (Å²) in [6.07, 6.45) is -2.82. The summed E-state index contributed by atoms with van der Waals surface area (Å²) in [7, 11) is 0. The third-order valence-corrected chi connectivity index (χ3v) is 3.35. The minimum atomic E-state index is -4.05. The van der Waals surface area contributed by atoms with Crippen LogP contribution in [0.2, 0.25) is 0 Å². The second-order valence-electron chi connectivity index (χ2n) is 4.76. The molecular formula is C12H25F3N2. The van der Waals surface area contributed by atoms with Gasteiger partial charge in [-0.25, -0.2) is 0 Å². The lowest BCUT2D eigenvalue weighted by molar-refractivity contribution is -0.136. The largest absolute Gasteiger partial charge is 0.389 e. The monoisotopic (exact) mass is 254 g/mol. The molecule has 0 aromatic carbocycles. The van der Waals surface area contributed by atoms with Gasteiger partial charge in [-0.05, 0) is 39.3 Å². The molecule has 104 valence electrons. The van der Waals surface area contributed by atoms with Crippen LogP contribution in [0.25, 0.3) is 0 Å². The predicted octanol–water partition coefficient (Wildman–Crippen LogP) is 3.17. The molecule has 0 rings (SSSR count). The third-order valence-electron chi connectivity index (χ3n) is 3.35. The zero-order valence-corrected chi connectivity index (χ0v) is 11.1. The number of alkyl halides is 3. The van der Waals surface area contributed by atoms with Crippen molar-refractivity contribution in [2.45, 2.75) is 58.2 Å². The Bertz CT molecular complexity index is 200. The second-order valence-corrected chi connectivity index (χ2v) is 4.76. The van der Waals surface area contributed by atoms with Gasteiger partial charge in [0.2, 0.25) is 0 Å². The Morgan fingerprint density at radius 3 is 2.06 bits per heavy atom. The molecule has 0 aromatic heterocycles. The molecule has 0 heterocycles. The molecule has 0 saturated carbocycles. The Hall–Kier alpha value is -0.290. The number of nitrogens with zero attached hydrogens (tertiary/aromatic N) is 1. The van der Waals surface area contributed by atoms with E-state index in [4.69, 9.17) is 5.73 Å². The van der Waals surface area contributed by atoms with Crippen LogP contribution >= 0.6 is 0 Å². The molecule has 0 aromatic rings. The van der Waals surface area contributed by atoms with Crippen molar-refractivity contribution in [3.8, 4) is 0 Å². The minimum absolute atomic E-state index is 0.152. The zero-order chi connectivity index (χ0) is 13.5. The molecule has 2 nitrogen and oxygen atoms in total. The van der Waals surface area contributed by atoms with Gasteiger partial charge in [0.1, 0.15) is 0 Å². The molecule has 0 radical (unpaired) electrons. The summed E-state index contributed by atoms with van der Waals surface area (Å²) in [5.41, 5.74) is 5.56. The van der Waals surface area contributed by atoms with E-state index in [2.05, 4.69) is 4.90 Å². The fourth-order valence-electron chi connectivity index (χ4n) is 1.89. The Labute approximate surface area is 102 Å². The molecule has 0 aliphatic carbocycles. The normalized spacial score (nSPS) is 16.2. The smallest absolute Gasteiger partial charge is 0.329 e. The van der Waals surface area contributed by atoms with Crippen molar-refractivity contribution in [3.63, 3.8) is 0 Å². The van der Waals surface area contributed by atoms with Crippen molar-refractivity contribution >= 4 is 0 Å². The van der Waals surface area contributed by atoms with Gasteiger partial charge in [-0.1, -0.05) is 13.8 Å². The van der Waals surface area contributed by atoms with Gasteiger partial charge in [0.05, 0.1) is 0 Å². The molecule has 0 spiro atoms. The first kappa shape index (κ1) is 16.7. The van der Waals surface area contributed by atoms with E-state index < -0.39 is 12.6 Å². The van der Waals surface area contributed by atoms with Crippen LogP contribution < -0.4 is 5.73 Å². The van der Waals surface area contributed by atoms with E-state index in [1.807, 2.05) is 20.8 Å². The Morgan fingerprint density at radius 1 is 1.12 bits per heavy atom. The summed E-state index contributed by atoms with van der Waals surface area (Å²) >= 11 is 0. The van der Waals surface area contributed by atoms with Crippen LogP contribution in [0.15, 0.2) is 0 Å². The molecule has 17 heavy (non-hydrogen) atoms. The van der Waals surface area contributed by atoms with Crippen LogP contribution in [0.3, 0.4) is 0 Å². The van der Waals surface area contributed by atoms with Crippen molar-refractivity contribution < 1.29 is 13.2 Å². The predicted molar refractivity (Wildman–Crippen MR) is 64.9 cm³/mol. The van der Waals surface area contributed by atoms with Crippen molar-refractivity contribution in [2.75, 3.05) is 19.6 Å². The number of hydrogen-bond acceptors (Lipinski definition) is 2. The number of halogens is 3. The maximum absolute atomic E-state index is 12.1. The van der Waals surface area contributed by atoms with Crippen molar-refractivity contribution in [3.05, 3.63) is 0 Å². The van der Waals surface area contributed by atoms with Gasteiger partial charge in [-0.3, -0.25) is 4.90 Å². The maximum Gasteiger partial charge on any atom is 0.389 e. The Kier molecular flexibility index (Phi) is 7.09. The van der Waals surface area contributed by atoms with Gasteiger partial charge in [0.15, 0.2) is 0 Å². The maximum atomic E-state index is 12.1. The van der Waals surface area contributed by atoms with Crippen molar-refractivity contribution in [1.82, 2.24) is 4.90 Å². The van der Waals surface area contributed by atoms with Crippen molar-refractivity contribution in [1.29, 1.82) is 0 Å². The first-order valence-corrected chi connectivity index (χ1v) is 6.31. The SMILES string of the molecule is CCCN(CCCC(F)(F)F)C(C)(CC)CN. The van der Waals surface area contributed by atoms with Gasteiger partial charge in [-0.15, -0.1) is 0 Å². The van der Waals surface area contributed by atoms with E-state index in [1.165, 1.54) is 0 Å². The van der Waals surface area contributed by atoms with Crippen LogP contribution in [-0.2, 0) is 0 Å². The molecule has 0 amide bonds. The number of nitrogens with two attached hydrogens (primary N) is 1. The van der Waals surface area contributed by atoms with Crippen LogP contribution in [0, 0.1) is 0 Å². The quantitative estimate of drug-likeness (QED) is 0.721. The fourth-order valence-corrected chi connectivity index (χ4v) is 1.89. The van der Waals surface area contributed by atoms with Crippen LogP contribution in [0.5, 0.6) is 0 Å². The highest BCUT2D eigenvalue weighted by Gasteiger charge is 2.30. The van der Waals surface area contributed by atoms with E-state index in [1.54, 1.807) is 0 Å². The lowest BCUT2D eigenvalue weighted by Crippen LogP contribution is -2.52. The molecule has 0 fully saturated rings. The fraction of sp³-hybridized carbons (Fsp3) is 1.00. The number of rotatable bonds is 8. The first-order chi connectivity index (χ1) is 7.79. The average molecular weight is 254 g/mol. The van der Waals surface area contributed by atoms with Crippen LogP contribution in [0.4, 0.5) is 13.2 Å². The Balaban J connectivity index is 4.33. The van der Waals surface area contributed by atoms with Gasteiger partial charge >= 0.3 is 6.18 Å². The van der Waals surface area contributed by atoms with E-state index in [9.17, 15) is 13.2 Å². The highest BCUT2D eigenvalue weighted by Crippen LogP contribution is 2.24. The van der Waals surface area contributed by atoms with Crippen LogP contribution in [-0.4, -0.2) is 36.2 Å². The van der Waals surface area contributed by atoms with Gasteiger partial charge in [0.25, 0.3) is 0 Å². The lowest BCUT2D eigenvalue weighted by Gasteiger charge is -2.40. The third kappa shape index (κ3) is 6.27. The first-order valence-electron chi connectivity index (χ1n) is 6.31. The topological polar surface area (TPSA) is 29.3 Å². The summed E-state index contributed by atoms with van der Waals surface area (Å²) < 4.78 is 36.3. The summed E-state index contributed by atoms with van der Waals surface area (Å²) in [5, 5.41) is 0. The molecule has 0 aliphatic heterocycles. The van der Waals surface area contributed by atoms with Crippen LogP contribution in [0.1, 0.15) is 46.5 Å². The summed E-state index contributed by atoms with van der Waals surface area (Å²) in [6, 6.07) is 0. The molecule has 0 aliphatic rings. The van der Waals surface area contributed by atoms with Gasteiger partial charge in [-0.2, -0.15) is 13.2 Å². The summed E-state index contributed by atoms with van der Waals surface area (Å²) in [5.74, 6) is 0. The van der Waals surface area contributed by atoms with Gasteiger partial charge in [0, 0.05) is 18.5 Å². The average Bonchev–Trinajstić information content (AvgIpc) is 2.25. The highest BCUT2D eigenvalue weighted by molar-refractivity contribution is 4.85. The number of hydrogen-bond donors (Lipinski definition) is 1. The standard InChI is InChI=1S/C12H25F3N2/c1-4-8-17(11(3,5-2)10-16)9-6-7-12(13,14)15/h4-10,16H2,1-3H3. The molecule has 0 bridgehead atoms. The minimum Gasteiger partial charge on any atom is -0.329 e. The zero-order valence-electron chi connectivity index (χ0n) is 11.1. The lowest BCUT2D eigenvalue weighted by atomic mass is 9.95. The summed E-state index contributed by atoms with van der Waals surface area (Å²) in [4.78, 5) is 2.10. The molecule has 1 atom stereocenters. The summed E-state index contributed by atoms with van der Waals surface area (Å²) in [6.45, 7) is 7.84. The van der Waals surface area contributed by atoms with E-state index >= 15 is 0 Å². The van der Waals surface area contributed by atoms with E-state index in [-0.39, 0.29) is 12.0 Å². The molecular weight excluding hydrogens is 229 g/mol. The van der Waals surface area contributed by atoms with E-state index in [0.717, 1.165) is 19.4 Å². The molecule has 0 saturated heterocycles. The molecule has 2 N–H and O–H groups in total. The highest BCUT2D eigenvalue weighted by atomic mass is 19.4. The molecule has 5 heteroatoms.